The van der Waals surface area contributed by atoms with Crippen LogP contribution in [0.4, 0.5) is 0 Å². The quantitative estimate of drug-likeness (QED) is 0.676. The van der Waals surface area contributed by atoms with Gasteiger partial charge in [-0.05, 0) is 5.56 Å². The molecule has 0 heterocycles. The Kier molecular flexibility index (Phi) is 3.31. The van der Waals surface area contributed by atoms with Gasteiger partial charge in [0.15, 0.2) is 0 Å². The number of nitriles is 1. The zero-order chi connectivity index (χ0) is 8.81. The van der Waals surface area contributed by atoms with E-state index in [0.717, 1.165) is 5.56 Å². The fraction of sp³-hybridized carbons (Fsp3) is 0.300. The van der Waals surface area contributed by atoms with Crippen LogP contribution in [-0.4, -0.2) is 13.2 Å². The van der Waals surface area contributed by atoms with E-state index in [-0.39, 0.29) is 6.10 Å². The number of hydrogen-bond donors (Lipinski definition) is 0. The van der Waals surface area contributed by atoms with Gasteiger partial charge in [-0.1, -0.05) is 30.3 Å². The standard InChI is InChI=1S/C10H11NO/c1-12-10(8-11)7-9-5-3-2-4-6-9/h2-6,10H,7H2,1H3/t10-/m1/s1. The van der Waals surface area contributed by atoms with E-state index in [4.69, 9.17) is 10.00 Å². The number of ether oxygens (including phenoxy) is 1. The number of hydrogen-bond acceptors (Lipinski definition) is 2. The highest BCUT2D eigenvalue weighted by Gasteiger charge is 2.04. The number of benzene rings is 1. The number of methoxy groups -OCH3 is 1. The predicted molar refractivity (Wildman–Crippen MR) is 46.6 cm³/mol. The van der Waals surface area contributed by atoms with E-state index < -0.39 is 0 Å². The lowest BCUT2D eigenvalue weighted by Crippen LogP contribution is -2.10. The molecule has 0 bridgehead atoms. The summed E-state index contributed by atoms with van der Waals surface area (Å²) in [4.78, 5) is 0. The Labute approximate surface area is 72.4 Å². The lowest BCUT2D eigenvalue weighted by Gasteiger charge is -2.05. The van der Waals surface area contributed by atoms with Crippen molar-refractivity contribution in [2.45, 2.75) is 12.5 Å². The molecule has 0 spiro atoms. The molecule has 1 rings (SSSR count). The fourth-order valence-electron chi connectivity index (χ4n) is 1.01. The SMILES string of the molecule is CO[C@@H](C#N)Cc1ccccc1. The van der Waals surface area contributed by atoms with Gasteiger partial charge in [-0.25, -0.2) is 0 Å². The molecule has 0 saturated carbocycles. The topological polar surface area (TPSA) is 33.0 Å². The molecule has 1 aromatic carbocycles. The molecule has 0 amide bonds. The van der Waals surface area contributed by atoms with E-state index in [2.05, 4.69) is 6.07 Å². The normalized spacial score (nSPS) is 12.0. The Morgan fingerprint density at radius 2 is 2.08 bits per heavy atom. The lowest BCUT2D eigenvalue weighted by molar-refractivity contribution is 0.147. The molecule has 12 heavy (non-hydrogen) atoms. The third-order valence-corrected chi connectivity index (χ3v) is 1.69. The van der Waals surface area contributed by atoms with Gasteiger partial charge in [-0.15, -0.1) is 0 Å². The van der Waals surface area contributed by atoms with E-state index in [1.807, 2.05) is 30.3 Å². The van der Waals surface area contributed by atoms with Crippen LogP contribution >= 0.6 is 0 Å². The maximum atomic E-state index is 8.61. The summed E-state index contributed by atoms with van der Waals surface area (Å²) in [5.41, 5.74) is 1.13. The zero-order valence-corrected chi connectivity index (χ0v) is 7.03. The van der Waals surface area contributed by atoms with Crippen LogP contribution in [0.1, 0.15) is 5.56 Å². The molecular weight excluding hydrogens is 150 g/mol. The maximum absolute atomic E-state index is 8.61. The molecular formula is C10H11NO. The van der Waals surface area contributed by atoms with E-state index in [1.54, 1.807) is 7.11 Å². The van der Waals surface area contributed by atoms with Crippen LogP contribution in [0.2, 0.25) is 0 Å². The van der Waals surface area contributed by atoms with Crippen molar-refractivity contribution < 1.29 is 4.74 Å². The van der Waals surface area contributed by atoms with Crippen molar-refractivity contribution in [1.29, 1.82) is 5.26 Å². The van der Waals surface area contributed by atoms with Crippen molar-refractivity contribution in [3.63, 3.8) is 0 Å². The van der Waals surface area contributed by atoms with Gasteiger partial charge in [0.2, 0.25) is 0 Å². The maximum Gasteiger partial charge on any atom is 0.147 e. The lowest BCUT2D eigenvalue weighted by atomic mass is 10.1. The Bertz CT molecular complexity index is 263. The molecule has 0 radical (unpaired) electrons. The Balaban J connectivity index is 2.58. The van der Waals surface area contributed by atoms with Crippen molar-refractivity contribution in [3.05, 3.63) is 35.9 Å². The Hall–Kier alpha value is -1.33. The molecule has 0 aliphatic rings. The van der Waals surface area contributed by atoms with Crippen LogP contribution in [-0.2, 0) is 11.2 Å². The van der Waals surface area contributed by atoms with Crippen molar-refractivity contribution in [2.75, 3.05) is 7.11 Å². The summed E-state index contributed by atoms with van der Waals surface area (Å²) in [5, 5.41) is 8.61. The molecule has 62 valence electrons. The first kappa shape index (κ1) is 8.76. The van der Waals surface area contributed by atoms with Gasteiger partial charge in [0.1, 0.15) is 6.10 Å². The van der Waals surface area contributed by atoms with E-state index in [9.17, 15) is 0 Å². The molecule has 2 heteroatoms. The van der Waals surface area contributed by atoms with E-state index in [1.165, 1.54) is 0 Å². The largest absolute Gasteiger partial charge is 0.366 e. The third kappa shape index (κ3) is 2.37. The highest BCUT2D eigenvalue weighted by atomic mass is 16.5. The Morgan fingerprint density at radius 1 is 1.42 bits per heavy atom. The van der Waals surface area contributed by atoms with E-state index >= 15 is 0 Å². The summed E-state index contributed by atoms with van der Waals surface area (Å²) < 4.78 is 4.94. The molecule has 2 nitrogen and oxygen atoms in total. The smallest absolute Gasteiger partial charge is 0.147 e. The van der Waals surface area contributed by atoms with Crippen LogP contribution in [0.15, 0.2) is 30.3 Å². The second-order valence-electron chi connectivity index (χ2n) is 2.54. The molecule has 0 unspecified atom stereocenters. The molecule has 0 aromatic heterocycles. The summed E-state index contributed by atoms with van der Waals surface area (Å²) in [6.07, 6.45) is 0.334. The summed E-state index contributed by atoms with van der Waals surface area (Å²) >= 11 is 0. The van der Waals surface area contributed by atoms with Crippen molar-refractivity contribution in [1.82, 2.24) is 0 Å². The monoisotopic (exact) mass is 161 g/mol. The average Bonchev–Trinajstić information content (AvgIpc) is 2.16. The van der Waals surface area contributed by atoms with Gasteiger partial charge < -0.3 is 4.74 Å². The van der Waals surface area contributed by atoms with Crippen molar-refractivity contribution in [2.24, 2.45) is 0 Å². The summed E-state index contributed by atoms with van der Waals surface area (Å²) in [7, 11) is 1.55. The van der Waals surface area contributed by atoms with Crippen LogP contribution < -0.4 is 0 Å². The Morgan fingerprint density at radius 3 is 2.58 bits per heavy atom. The zero-order valence-electron chi connectivity index (χ0n) is 7.03. The predicted octanol–water partition coefficient (Wildman–Crippen LogP) is 1.77. The van der Waals surface area contributed by atoms with Gasteiger partial charge >= 0.3 is 0 Å². The average molecular weight is 161 g/mol. The second-order valence-corrected chi connectivity index (χ2v) is 2.54. The van der Waals surface area contributed by atoms with E-state index in [0.29, 0.717) is 6.42 Å². The van der Waals surface area contributed by atoms with Crippen LogP contribution in [0.5, 0.6) is 0 Å². The van der Waals surface area contributed by atoms with Gasteiger partial charge in [0.05, 0.1) is 6.07 Å². The first-order valence-corrected chi connectivity index (χ1v) is 3.83. The van der Waals surface area contributed by atoms with Gasteiger partial charge in [-0.2, -0.15) is 5.26 Å². The second kappa shape index (κ2) is 4.53. The molecule has 0 aliphatic carbocycles. The molecule has 0 fully saturated rings. The highest BCUT2D eigenvalue weighted by molar-refractivity contribution is 5.16. The fourth-order valence-corrected chi connectivity index (χ4v) is 1.01. The van der Waals surface area contributed by atoms with Gasteiger partial charge in [0.25, 0.3) is 0 Å². The minimum absolute atomic E-state index is 0.326. The van der Waals surface area contributed by atoms with Crippen LogP contribution in [0.3, 0.4) is 0 Å². The number of rotatable bonds is 3. The van der Waals surface area contributed by atoms with Gasteiger partial charge in [0, 0.05) is 13.5 Å². The molecule has 0 N–H and O–H groups in total. The summed E-state index contributed by atoms with van der Waals surface area (Å²) in [6.45, 7) is 0. The van der Waals surface area contributed by atoms with Crippen molar-refractivity contribution >= 4 is 0 Å². The first-order valence-electron chi connectivity index (χ1n) is 3.83. The molecule has 0 saturated heterocycles. The highest BCUT2D eigenvalue weighted by Crippen LogP contribution is 2.03. The third-order valence-electron chi connectivity index (χ3n) is 1.69. The van der Waals surface area contributed by atoms with Gasteiger partial charge in [-0.3, -0.25) is 0 Å². The summed E-state index contributed by atoms with van der Waals surface area (Å²) in [5.74, 6) is 0. The van der Waals surface area contributed by atoms with Crippen LogP contribution in [0.25, 0.3) is 0 Å². The number of nitrogens with zero attached hydrogens (tertiary/aromatic N) is 1. The minimum atomic E-state index is -0.326. The molecule has 1 atom stereocenters. The first-order chi connectivity index (χ1) is 5.86. The van der Waals surface area contributed by atoms with Crippen molar-refractivity contribution in [3.8, 4) is 6.07 Å². The van der Waals surface area contributed by atoms with Crippen LogP contribution in [0, 0.1) is 11.3 Å². The summed E-state index contributed by atoms with van der Waals surface area (Å²) in [6, 6.07) is 11.9. The molecule has 1 aromatic rings. The molecule has 0 aliphatic heterocycles. The minimum Gasteiger partial charge on any atom is -0.366 e.